The molecule has 0 aromatic heterocycles. The zero-order chi connectivity index (χ0) is 23.5. The van der Waals surface area contributed by atoms with Gasteiger partial charge in [0.1, 0.15) is 11.9 Å². The van der Waals surface area contributed by atoms with Gasteiger partial charge in [0.2, 0.25) is 5.91 Å². The van der Waals surface area contributed by atoms with Crippen molar-refractivity contribution < 1.29 is 23.7 Å². The largest absolute Gasteiger partial charge is 0.497 e. The van der Waals surface area contributed by atoms with Crippen molar-refractivity contribution in [2.45, 2.75) is 25.6 Å². The van der Waals surface area contributed by atoms with E-state index < -0.39 is 0 Å². The number of aryl methyl sites for hydroxylation is 1. The van der Waals surface area contributed by atoms with Crippen molar-refractivity contribution in [2.24, 2.45) is 0 Å². The summed E-state index contributed by atoms with van der Waals surface area (Å²) in [6.07, 6.45) is 0.658. The summed E-state index contributed by atoms with van der Waals surface area (Å²) in [7, 11) is 4.83. The van der Waals surface area contributed by atoms with Gasteiger partial charge in [0.05, 0.1) is 27.9 Å². The number of nitrogens with one attached hydrogen (secondary N) is 1. The highest BCUT2D eigenvalue weighted by Crippen LogP contribution is 2.28. The zero-order valence-electron chi connectivity index (χ0n) is 19.4. The highest BCUT2D eigenvalue weighted by molar-refractivity contribution is 5.76. The molecular formula is C27H31NO5. The molecule has 0 spiro atoms. The van der Waals surface area contributed by atoms with Gasteiger partial charge in [-0.25, -0.2) is 0 Å². The molecule has 3 aromatic rings. The monoisotopic (exact) mass is 449 g/mol. The predicted molar refractivity (Wildman–Crippen MR) is 128 cm³/mol. The molecule has 0 aliphatic heterocycles. The Morgan fingerprint density at radius 2 is 1.61 bits per heavy atom. The van der Waals surface area contributed by atoms with Crippen LogP contribution in [0, 0.1) is 0 Å². The molecule has 3 aromatic carbocycles. The third-order valence-corrected chi connectivity index (χ3v) is 5.33. The number of benzene rings is 3. The molecular weight excluding hydrogens is 418 g/mol. The van der Waals surface area contributed by atoms with Crippen LogP contribution in [0.25, 0.3) is 0 Å². The van der Waals surface area contributed by atoms with Crippen molar-refractivity contribution in [2.75, 3.05) is 27.9 Å². The average molecular weight is 450 g/mol. The fraction of sp³-hybridized carbons (Fsp3) is 0.296. The normalized spacial score (nSPS) is 11.5. The molecule has 0 bridgehead atoms. The minimum absolute atomic E-state index is 0.0407. The molecule has 1 amide bonds. The van der Waals surface area contributed by atoms with E-state index in [1.54, 1.807) is 21.3 Å². The Morgan fingerprint density at radius 3 is 2.33 bits per heavy atom. The molecule has 174 valence electrons. The van der Waals surface area contributed by atoms with Gasteiger partial charge in [-0.15, -0.1) is 0 Å². The van der Waals surface area contributed by atoms with E-state index in [1.165, 1.54) is 0 Å². The van der Waals surface area contributed by atoms with Crippen LogP contribution < -0.4 is 19.5 Å². The van der Waals surface area contributed by atoms with Crippen LogP contribution in [0.5, 0.6) is 17.2 Å². The number of methoxy groups -OCH3 is 3. The Morgan fingerprint density at radius 1 is 0.818 bits per heavy atom. The van der Waals surface area contributed by atoms with Gasteiger partial charge >= 0.3 is 0 Å². The van der Waals surface area contributed by atoms with Gasteiger partial charge in [-0.05, 0) is 47.4 Å². The Hall–Kier alpha value is -3.51. The molecule has 0 fully saturated rings. The molecule has 0 heterocycles. The van der Waals surface area contributed by atoms with E-state index in [-0.39, 0.29) is 12.0 Å². The number of ether oxygens (including phenoxy) is 4. The van der Waals surface area contributed by atoms with Gasteiger partial charge in [-0.1, -0.05) is 48.5 Å². The van der Waals surface area contributed by atoms with Gasteiger partial charge in [0.25, 0.3) is 0 Å². The Labute approximate surface area is 195 Å². The summed E-state index contributed by atoms with van der Waals surface area (Å²) in [4.78, 5) is 12.6. The molecule has 6 heteroatoms. The van der Waals surface area contributed by atoms with Gasteiger partial charge < -0.3 is 24.3 Å². The van der Waals surface area contributed by atoms with Crippen molar-refractivity contribution in [1.29, 1.82) is 0 Å². The van der Waals surface area contributed by atoms with Crippen LogP contribution in [0.1, 0.15) is 29.2 Å². The Bertz CT molecular complexity index is 1020. The van der Waals surface area contributed by atoms with Crippen molar-refractivity contribution in [3.63, 3.8) is 0 Å². The molecule has 0 radical (unpaired) electrons. The van der Waals surface area contributed by atoms with Crippen molar-refractivity contribution in [1.82, 2.24) is 5.32 Å². The molecule has 6 nitrogen and oxygen atoms in total. The smallest absolute Gasteiger partial charge is 0.220 e. The minimum Gasteiger partial charge on any atom is -0.497 e. The van der Waals surface area contributed by atoms with Gasteiger partial charge in [0, 0.05) is 13.0 Å². The molecule has 1 N–H and O–H groups in total. The van der Waals surface area contributed by atoms with E-state index in [1.807, 2.05) is 72.8 Å². The van der Waals surface area contributed by atoms with Crippen LogP contribution in [0.4, 0.5) is 0 Å². The van der Waals surface area contributed by atoms with E-state index in [0.717, 1.165) is 22.4 Å². The van der Waals surface area contributed by atoms with E-state index in [4.69, 9.17) is 18.9 Å². The third kappa shape index (κ3) is 7.26. The van der Waals surface area contributed by atoms with Crippen LogP contribution >= 0.6 is 0 Å². The lowest BCUT2D eigenvalue weighted by Gasteiger charge is -2.20. The highest BCUT2D eigenvalue weighted by Gasteiger charge is 2.15. The molecule has 3 rings (SSSR count). The lowest BCUT2D eigenvalue weighted by molar-refractivity contribution is -0.121. The molecule has 33 heavy (non-hydrogen) atoms. The summed E-state index contributed by atoms with van der Waals surface area (Å²) in [6, 6.07) is 23.4. The zero-order valence-corrected chi connectivity index (χ0v) is 19.4. The Kier molecular flexibility index (Phi) is 9.15. The molecule has 0 aliphatic carbocycles. The second-order valence-electron chi connectivity index (χ2n) is 7.56. The predicted octanol–water partition coefficient (Wildman–Crippen LogP) is 4.72. The van der Waals surface area contributed by atoms with E-state index in [9.17, 15) is 4.79 Å². The van der Waals surface area contributed by atoms with Gasteiger partial charge in [-0.3, -0.25) is 4.79 Å². The van der Waals surface area contributed by atoms with Crippen molar-refractivity contribution >= 4 is 5.91 Å². The fourth-order valence-electron chi connectivity index (χ4n) is 3.47. The summed E-state index contributed by atoms with van der Waals surface area (Å²) in [5.41, 5.74) is 3.03. The van der Waals surface area contributed by atoms with E-state index >= 15 is 0 Å². The number of carbonyl (C=O) groups is 1. The number of hydrogen-bond donors (Lipinski definition) is 1. The number of amides is 1. The van der Waals surface area contributed by atoms with E-state index in [0.29, 0.717) is 37.5 Å². The second-order valence-corrected chi connectivity index (χ2v) is 7.56. The van der Waals surface area contributed by atoms with Crippen LogP contribution in [-0.2, 0) is 22.6 Å². The molecule has 0 saturated heterocycles. The fourth-order valence-corrected chi connectivity index (χ4v) is 3.47. The average Bonchev–Trinajstić information content (AvgIpc) is 2.87. The second kappa shape index (κ2) is 12.5. The summed E-state index contributed by atoms with van der Waals surface area (Å²) < 4.78 is 22.1. The summed E-state index contributed by atoms with van der Waals surface area (Å²) in [5, 5.41) is 3.02. The van der Waals surface area contributed by atoms with Gasteiger partial charge in [-0.2, -0.15) is 0 Å². The van der Waals surface area contributed by atoms with Crippen molar-refractivity contribution in [3.8, 4) is 17.2 Å². The first-order chi connectivity index (χ1) is 16.1. The molecule has 0 saturated carbocycles. The first kappa shape index (κ1) is 24.1. The van der Waals surface area contributed by atoms with Crippen LogP contribution in [0.3, 0.4) is 0 Å². The minimum atomic E-state index is -0.301. The first-order valence-corrected chi connectivity index (χ1v) is 10.9. The summed E-state index contributed by atoms with van der Waals surface area (Å²) in [6.45, 7) is 0.814. The van der Waals surface area contributed by atoms with Gasteiger partial charge in [0.15, 0.2) is 11.5 Å². The summed E-state index contributed by atoms with van der Waals surface area (Å²) >= 11 is 0. The maximum atomic E-state index is 12.6. The lowest BCUT2D eigenvalue weighted by Crippen LogP contribution is -2.29. The highest BCUT2D eigenvalue weighted by atomic mass is 16.5. The van der Waals surface area contributed by atoms with Crippen LogP contribution in [0.15, 0.2) is 72.8 Å². The Balaban J connectivity index is 1.60. The standard InChI is InChI=1S/C27H31NO5/c1-30-23-11-7-10-22(17-23)26(33-19-21-8-5-4-6-9-21)18-28-27(29)15-13-20-12-14-24(31-2)25(16-20)32-3/h4-12,14,16-17,26H,13,15,18-19H2,1-3H3,(H,28,29). The van der Waals surface area contributed by atoms with Crippen LogP contribution in [0.2, 0.25) is 0 Å². The quantitative estimate of drug-likeness (QED) is 0.433. The maximum absolute atomic E-state index is 12.6. The first-order valence-electron chi connectivity index (χ1n) is 10.9. The topological polar surface area (TPSA) is 66.0 Å². The molecule has 1 atom stereocenters. The molecule has 1 unspecified atom stereocenters. The third-order valence-electron chi connectivity index (χ3n) is 5.33. The molecule has 0 aliphatic rings. The van der Waals surface area contributed by atoms with Crippen molar-refractivity contribution in [3.05, 3.63) is 89.5 Å². The number of hydrogen-bond acceptors (Lipinski definition) is 5. The SMILES string of the molecule is COc1cccc(C(CNC(=O)CCc2ccc(OC)c(OC)c2)OCc2ccccc2)c1. The number of rotatable bonds is 12. The number of carbonyl (C=O) groups excluding carboxylic acids is 1. The lowest BCUT2D eigenvalue weighted by atomic mass is 10.1. The van der Waals surface area contributed by atoms with Crippen LogP contribution in [-0.4, -0.2) is 33.8 Å². The maximum Gasteiger partial charge on any atom is 0.220 e. The summed E-state index contributed by atoms with van der Waals surface area (Å²) in [5.74, 6) is 2.03. The van der Waals surface area contributed by atoms with E-state index in [2.05, 4.69) is 5.32 Å².